The van der Waals surface area contributed by atoms with Crippen LogP contribution in [0.25, 0.3) is 46.4 Å². The van der Waals surface area contributed by atoms with Gasteiger partial charge in [-0.15, -0.1) is 0 Å². The second-order valence-electron chi connectivity index (χ2n) is 7.24. The summed E-state index contributed by atoms with van der Waals surface area (Å²) >= 11 is 0. The van der Waals surface area contributed by atoms with E-state index in [1.165, 1.54) is 0 Å². The molecule has 6 rings (SSSR count). The van der Waals surface area contributed by atoms with Crippen LogP contribution < -0.4 is 0 Å². The fourth-order valence-corrected chi connectivity index (χ4v) is 3.37. The molecule has 154 valence electrons. The van der Waals surface area contributed by atoms with Crippen LogP contribution in [0.2, 0.25) is 0 Å². The number of fused-ring (bicyclic) bond motifs is 8. The lowest BCUT2D eigenvalue weighted by Crippen LogP contribution is -1.75. The number of nitrogens with one attached hydrogen (secondary N) is 2. The maximum absolute atomic E-state index is 8.63. The van der Waals surface area contributed by atoms with Crippen LogP contribution in [-0.2, 0) is 0 Å². The number of aromatic amines is 2. The van der Waals surface area contributed by atoms with Crippen molar-refractivity contribution in [3.8, 4) is 5.75 Å². The third-order valence-corrected chi connectivity index (χ3v) is 4.80. The van der Waals surface area contributed by atoms with E-state index in [1.807, 2.05) is 54.6 Å². The van der Waals surface area contributed by atoms with Gasteiger partial charge in [0.15, 0.2) is 0 Å². The van der Waals surface area contributed by atoms with Crippen LogP contribution in [0.15, 0.2) is 78.9 Å². The number of phenols is 1. The summed E-state index contributed by atoms with van der Waals surface area (Å²) in [5.41, 5.74) is 7.86. The molecule has 0 fully saturated rings. The molecule has 4 aromatic rings. The highest BCUT2D eigenvalue weighted by atomic mass is 16.3. The van der Waals surface area contributed by atoms with Crippen molar-refractivity contribution in [1.82, 2.24) is 19.9 Å². The molecule has 8 bridgehead atoms. The Bertz CT molecular complexity index is 1280. The summed E-state index contributed by atoms with van der Waals surface area (Å²) in [6.45, 7) is 0. The monoisotopic (exact) mass is 408 g/mol. The van der Waals surface area contributed by atoms with E-state index in [2.05, 4.69) is 44.2 Å². The molecule has 2 aliphatic rings. The Balaban J connectivity index is 0.000000296. The van der Waals surface area contributed by atoms with Crippen molar-refractivity contribution in [2.45, 2.75) is 0 Å². The van der Waals surface area contributed by atoms with Crippen molar-refractivity contribution in [3.05, 3.63) is 102 Å². The first-order valence-corrected chi connectivity index (χ1v) is 9.98. The molecule has 2 aliphatic heterocycles. The van der Waals surface area contributed by atoms with Crippen molar-refractivity contribution in [2.24, 2.45) is 0 Å². The van der Waals surface area contributed by atoms with Gasteiger partial charge in [-0.3, -0.25) is 0 Å². The zero-order valence-corrected chi connectivity index (χ0v) is 16.7. The molecule has 31 heavy (non-hydrogen) atoms. The van der Waals surface area contributed by atoms with Crippen LogP contribution in [0.5, 0.6) is 5.75 Å². The summed E-state index contributed by atoms with van der Waals surface area (Å²) in [6.07, 6.45) is 8.09. The van der Waals surface area contributed by atoms with Gasteiger partial charge < -0.3 is 15.1 Å². The van der Waals surface area contributed by atoms with Gasteiger partial charge in [0, 0.05) is 24.9 Å². The van der Waals surface area contributed by atoms with E-state index < -0.39 is 0 Å². The number of hydrogen-bond donors (Lipinski definition) is 3. The first-order chi connectivity index (χ1) is 15.2. The smallest absolute Gasteiger partial charge is 0.115 e. The molecule has 5 nitrogen and oxygen atoms in total. The Kier molecular flexibility index (Phi) is 4.91. The largest absolute Gasteiger partial charge is 0.508 e. The second kappa shape index (κ2) is 8.16. The van der Waals surface area contributed by atoms with Crippen molar-refractivity contribution in [3.63, 3.8) is 0 Å². The van der Waals surface area contributed by atoms with Crippen LogP contribution >= 0.6 is 0 Å². The molecule has 0 radical (unpaired) electrons. The minimum Gasteiger partial charge on any atom is -0.508 e. The Morgan fingerprint density at radius 1 is 0.516 bits per heavy atom. The summed E-state index contributed by atoms with van der Waals surface area (Å²) in [7, 11) is 0. The Morgan fingerprint density at radius 2 is 0.871 bits per heavy atom. The lowest BCUT2D eigenvalue weighted by Gasteiger charge is -1.85. The SMILES string of the molecule is C1=Cc2cc3ccc(cc4nc(cc5ccc(cc1n2)[nH]5)C=C4)[nH]3.Oc1ccccc1.[HH].[HH]. The molecule has 1 aromatic carbocycles. The summed E-state index contributed by atoms with van der Waals surface area (Å²) in [5.74, 6) is 0.322. The summed E-state index contributed by atoms with van der Waals surface area (Å²) in [5, 5.41) is 8.63. The van der Waals surface area contributed by atoms with E-state index in [9.17, 15) is 0 Å². The molecular formula is C26H24N4O. The highest BCUT2D eigenvalue weighted by molar-refractivity contribution is 5.77. The van der Waals surface area contributed by atoms with Gasteiger partial charge in [0.05, 0.1) is 22.8 Å². The topological polar surface area (TPSA) is 77.6 Å². The van der Waals surface area contributed by atoms with E-state index >= 15 is 0 Å². The molecule has 5 heterocycles. The lowest BCUT2D eigenvalue weighted by molar-refractivity contribution is 0.475. The summed E-state index contributed by atoms with van der Waals surface area (Å²) < 4.78 is 0. The molecule has 3 aromatic heterocycles. The average molecular weight is 409 g/mol. The van der Waals surface area contributed by atoms with Crippen molar-refractivity contribution < 1.29 is 7.96 Å². The predicted molar refractivity (Wildman–Crippen MR) is 131 cm³/mol. The van der Waals surface area contributed by atoms with Crippen LogP contribution in [0.3, 0.4) is 0 Å². The van der Waals surface area contributed by atoms with E-state index in [4.69, 9.17) is 5.11 Å². The van der Waals surface area contributed by atoms with Crippen LogP contribution in [0, 0.1) is 0 Å². The van der Waals surface area contributed by atoms with E-state index in [0.29, 0.717) is 5.75 Å². The van der Waals surface area contributed by atoms with Crippen LogP contribution in [-0.4, -0.2) is 25.0 Å². The van der Waals surface area contributed by atoms with Gasteiger partial charge in [-0.25, -0.2) is 9.97 Å². The molecule has 0 spiro atoms. The number of aromatic nitrogens is 4. The fraction of sp³-hybridized carbons (Fsp3) is 0. The van der Waals surface area contributed by atoms with Crippen molar-refractivity contribution in [1.29, 1.82) is 0 Å². The molecular weight excluding hydrogens is 384 g/mol. The fourth-order valence-electron chi connectivity index (χ4n) is 3.37. The summed E-state index contributed by atoms with van der Waals surface area (Å²) in [6, 6.07) is 25.1. The highest BCUT2D eigenvalue weighted by Crippen LogP contribution is 2.17. The van der Waals surface area contributed by atoms with Crippen molar-refractivity contribution in [2.75, 3.05) is 0 Å². The lowest BCUT2D eigenvalue weighted by atomic mass is 10.3. The summed E-state index contributed by atoms with van der Waals surface area (Å²) in [4.78, 5) is 16.0. The molecule has 0 unspecified atom stereocenters. The number of benzene rings is 1. The number of rotatable bonds is 0. The first kappa shape index (κ1) is 18.6. The Morgan fingerprint density at radius 3 is 1.16 bits per heavy atom. The molecule has 0 saturated carbocycles. The van der Waals surface area contributed by atoms with E-state index in [0.717, 1.165) is 44.8 Å². The molecule has 0 atom stereocenters. The molecule has 0 amide bonds. The van der Waals surface area contributed by atoms with Gasteiger partial charge in [-0.2, -0.15) is 0 Å². The van der Waals surface area contributed by atoms with Gasteiger partial charge in [-0.05, 0) is 85.0 Å². The third-order valence-electron chi connectivity index (χ3n) is 4.80. The molecule has 3 N–H and O–H groups in total. The number of phenolic OH excluding ortho intramolecular Hbond substituents is 1. The molecule has 0 aliphatic carbocycles. The number of para-hydroxylation sites is 1. The number of H-pyrrole nitrogens is 2. The number of hydrogen-bond acceptors (Lipinski definition) is 3. The minimum atomic E-state index is 0. The molecule has 5 heteroatoms. The number of nitrogens with zero attached hydrogens (tertiary/aromatic N) is 2. The Hall–Kier alpha value is -4.38. The maximum Gasteiger partial charge on any atom is 0.115 e. The van der Waals surface area contributed by atoms with E-state index in [-0.39, 0.29) is 2.85 Å². The quantitative estimate of drug-likeness (QED) is 0.267. The van der Waals surface area contributed by atoms with Gasteiger partial charge in [0.1, 0.15) is 5.75 Å². The molecule has 0 saturated heterocycles. The average Bonchev–Trinajstić information content (AvgIpc) is 3.55. The van der Waals surface area contributed by atoms with Gasteiger partial charge in [-0.1, -0.05) is 18.2 Å². The maximum atomic E-state index is 8.63. The standard InChI is InChI=1S/C20H14N4.C6H6O.2H2/c1-2-14-10-16-5-6-18(23-16)12-20-8-7-19(24-20)11-17-4-3-15(22-17)9-13(1)21-14;7-6-4-2-1-3-5-6;;/h1-12,21,24H;1-5,7H;2*1H. The number of aromatic hydroxyl groups is 1. The van der Waals surface area contributed by atoms with Crippen molar-refractivity contribution >= 4 is 46.4 Å². The van der Waals surface area contributed by atoms with Crippen LogP contribution in [0.1, 0.15) is 25.6 Å². The van der Waals surface area contributed by atoms with Gasteiger partial charge >= 0.3 is 0 Å². The Labute approximate surface area is 182 Å². The zero-order chi connectivity index (χ0) is 21.0. The first-order valence-electron chi connectivity index (χ1n) is 9.98. The minimum absolute atomic E-state index is 0. The highest BCUT2D eigenvalue weighted by Gasteiger charge is 2.01. The van der Waals surface area contributed by atoms with Gasteiger partial charge in [0.2, 0.25) is 0 Å². The normalized spacial score (nSPS) is 11.7. The van der Waals surface area contributed by atoms with E-state index in [1.54, 1.807) is 24.3 Å². The second-order valence-corrected chi connectivity index (χ2v) is 7.24. The predicted octanol–water partition coefficient (Wildman–Crippen LogP) is 6.54. The van der Waals surface area contributed by atoms with Gasteiger partial charge in [0.25, 0.3) is 0 Å². The third kappa shape index (κ3) is 4.62. The zero-order valence-electron chi connectivity index (χ0n) is 16.7. The van der Waals surface area contributed by atoms with Crippen LogP contribution in [0.4, 0.5) is 0 Å².